The number of ether oxygens (including phenoxy) is 1. The fourth-order valence-corrected chi connectivity index (χ4v) is 3.13. The second kappa shape index (κ2) is 6.87. The molecule has 0 saturated carbocycles. The third kappa shape index (κ3) is 3.80. The Morgan fingerprint density at radius 1 is 1.37 bits per heavy atom. The average molecular weight is 326 g/mol. The van der Waals surface area contributed by atoms with Gasteiger partial charge in [-0.3, -0.25) is 0 Å². The SMILES string of the molecule is CCCNCC1(Cc2ccc(Br)cc2)CCOC1C. The maximum absolute atomic E-state index is 5.85. The summed E-state index contributed by atoms with van der Waals surface area (Å²) < 4.78 is 6.99. The highest BCUT2D eigenvalue weighted by Crippen LogP contribution is 2.37. The van der Waals surface area contributed by atoms with Gasteiger partial charge in [0.05, 0.1) is 6.10 Å². The van der Waals surface area contributed by atoms with Gasteiger partial charge >= 0.3 is 0 Å². The lowest BCUT2D eigenvalue weighted by molar-refractivity contribution is 0.0631. The molecule has 1 aliphatic rings. The van der Waals surface area contributed by atoms with Gasteiger partial charge in [0.25, 0.3) is 0 Å². The number of nitrogens with one attached hydrogen (secondary N) is 1. The summed E-state index contributed by atoms with van der Waals surface area (Å²) in [5, 5.41) is 3.59. The Bertz CT molecular complexity index is 392. The van der Waals surface area contributed by atoms with Gasteiger partial charge < -0.3 is 10.1 Å². The minimum atomic E-state index is 0.253. The zero-order valence-corrected chi connectivity index (χ0v) is 13.5. The second-order valence-corrected chi connectivity index (χ2v) is 6.52. The first-order valence-corrected chi connectivity index (χ1v) is 8.02. The zero-order chi connectivity index (χ0) is 13.7. The van der Waals surface area contributed by atoms with Crippen molar-refractivity contribution in [3.63, 3.8) is 0 Å². The van der Waals surface area contributed by atoms with Crippen LogP contribution in [0.5, 0.6) is 0 Å². The molecule has 1 aromatic carbocycles. The molecule has 1 saturated heterocycles. The van der Waals surface area contributed by atoms with Gasteiger partial charge in [-0.05, 0) is 50.4 Å². The molecule has 106 valence electrons. The molecule has 1 N–H and O–H groups in total. The van der Waals surface area contributed by atoms with Crippen molar-refractivity contribution in [2.24, 2.45) is 5.41 Å². The van der Waals surface area contributed by atoms with Gasteiger partial charge in [-0.25, -0.2) is 0 Å². The molecule has 0 aromatic heterocycles. The highest BCUT2D eigenvalue weighted by Gasteiger charge is 2.41. The standard InChI is InChI=1S/C16H24BrNO/c1-3-9-18-12-16(8-10-19-13(16)2)11-14-4-6-15(17)7-5-14/h4-7,13,18H,3,8-12H2,1-2H3. The Labute approximate surface area is 125 Å². The van der Waals surface area contributed by atoms with Gasteiger partial charge in [0.2, 0.25) is 0 Å². The fourth-order valence-electron chi connectivity index (χ4n) is 2.87. The number of hydrogen-bond acceptors (Lipinski definition) is 2. The molecule has 2 nitrogen and oxygen atoms in total. The van der Waals surface area contributed by atoms with Crippen molar-refractivity contribution in [1.82, 2.24) is 5.32 Å². The highest BCUT2D eigenvalue weighted by molar-refractivity contribution is 9.10. The van der Waals surface area contributed by atoms with E-state index >= 15 is 0 Å². The summed E-state index contributed by atoms with van der Waals surface area (Å²) in [6.45, 7) is 7.47. The molecule has 0 spiro atoms. The third-order valence-electron chi connectivity index (χ3n) is 4.20. The van der Waals surface area contributed by atoms with Crippen LogP contribution in [0.1, 0.15) is 32.3 Å². The second-order valence-electron chi connectivity index (χ2n) is 5.61. The maximum atomic E-state index is 5.85. The van der Waals surface area contributed by atoms with E-state index in [0.29, 0.717) is 6.10 Å². The van der Waals surface area contributed by atoms with Crippen LogP contribution in [0, 0.1) is 5.41 Å². The normalized spacial score (nSPS) is 26.8. The summed E-state index contributed by atoms with van der Waals surface area (Å²) in [6, 6.07) is 8.69. The number of benzene rings is 1. The Morgan fingerprint density at radius 2 is 2.11 bits per heavy atom. The van der Waals surface area contributed by atoms with E-state index in [2.05, 4.69) is 59.4 Å². The van der Waals surface area contributed by atoms with Crippen LogP contribution in [0.4, 0.5) is 0 Å². The average Bonchev–Trinajstić information content (AvgIpc) is 2.75. The molecule has 1 aromatic rings. The van der Waals surface area contributed by atoms with Crippen LogP contribution in [0.3, 0.4) is 0 Å². The van der Waals surface area contributed by atoms with Gasteiger partial charge in [0.15, 0.2) is 0 Å². The summed E-state index contributed by atoms with van der Waals surface area (Å²) in [6.07, 6.45) is 3.77. The summed E-state index contributed by atoms with van der Waals surface area (Å²) in [5.74, 6) is 0. The van der Waals surface area contributed by atoms with E-state index in [1.54, 1.807) is 0 Å². The monoisotopic (exact) mass is 325 g/mol. The van der Waals surface area contributed by atoms with Crippen molar-refractivity contribution in [1.29, 1.82) is 0 Å². The van der Waals surface area contributed by atoms with Crippen LogP contribution in [-0.2, 0) is 11.2 Å². The van der Waals surface area contributed by atoms with E-state index in [9.17, 15) is 0 Å². The summed E-state index contributed by atoms with van der Waals surface area (Å²) in [4.78, 5) is 0. The molecule has 0 bridgehead atoms. The molecule has 19 heavy (non-hydrogen) atoms. The van der Waals surface area contributed by atoms with Gasteiger partial charge in [0.1, 0.15) is 0 Å². The zero-order valence-electron chi connectivity index (χ0n) is 11.9. The number of halogens is 1. The van der Waals surface area contributed by atoms with Crippen molar-refractivity contribution in [2.75, 3.05) is 19.7 Å². The number of hydrogen-bond donors (Lipinski definition) is 1. The van der Waals surface area contributed by atoms with E-state index in [1.165, 1.54) is 12.0 Å². The van der Waals surface area contributed by atoms with Gasteiger partial charge in [-0.1, -0.05) is 35.0 Å². The van der Waals surface area contributed by atoms with E-state index in [4.69, 9.17) is 4.74 Å². The first-order valence-electron chi connectivity index (χ1n) is 7.23. The fraction of sp³-hybridized carbons (Fsp3) is 0.625. The first-order chi connectivity index (χ1) is 9.16. The summed E-state index contributed by atoms with van der Waals surface area (Å²) in [5.41, 5.74) is 1.65. The molecule has 2 unspecified atom stereocenters. The molecule has 2 atom stereocenters. The van der Waals surface area contributed by atoms with E-state index in [1.807, 2.05) is 0 Å². The molecule has 1 heterocycles. The van der Waals surface area contributed by atoms with Crippen LogP contribution >= 0.6 is 15.9 Å². The Hall–Kier alpha value is -0.380. The predicted octanol–water partition coefficient (Wildman–Crippen LogP) is 3.79. The van der Waals surface area contributed by atoms with Crippen molar-refractivity contribution < 1.29 is 4.74 Å². The third-order valence-corrected chi connectivity index (χ3v) is 4.73. The minimum absolute atomic E-state index is 0.253. The highest BCUT2D eigenvalue weighted by atomic mass is 79.9. The smallest absolute Gasteiger partial charge is 0.0619 e. The van der Waals surface area contributed by atoms with Gasteiger partial charge in [-0.15, -0.1) is 0 Å². The molecule has 0 aliphatic carbocycles. The topological polar surface area (TPSA) is 21.3 Å². The van der Waals surface area contributed by atoms with Gasteiger partial charge in [-0.2, -0.15) is 0 Å². The van der Waals surface area contributed by atoms with Crippen molar-refractivity contribution >= 4 is 15.9 Å². The lowest BCUT2D eigenvalue weighted by Gasteiger charge is -2.33. The summed E-state index contributed by atoms with van der Waals surface area (Å²) in [7, 11) is 0. The molecule has 3 heteroatoms. The van der Waals surface area contributed by atoms with Crippen LogP contribution in [0.15, 0.2) is 28.7 Å². The Morgan fingerprint density at radius 3 is 2.68 bits per heavy atom. The van der Waals surface area contributed by atoms with Crippen LogP contribution in [0.25, 0.3) is 0 Å². The lowest BCUT2D eigenvalue weighted by atomic mass is 9.76. The first kappa shape index (κ1) is 15.0. The molecule has 0 amide bonds. The van der Waals surface area contributed by atoms with Crippen LogP contribution in [0.2, 0.25) is 0 Å². The van der Waals surface area contributed by atoms with Crippen molar-refractivity contribution in [3.8, 4) is 0 Å². The van der Waals surface area contributed by atoms with E-state index in [0.717, 1.165) is 37.0 Å². The Balaban J connectivity index is 2.07. The molecule has 1 aliphatic heterocycles. The lowest BCUT2D eigenvalue weighted by Crippen LogP contribution is -2.41. The Kier molecular flexibility index (Phi) is 5.43. The minimum Gasteiger partial charge on any atom is -0.378 e. The summed E-state index contributed by atoms with van der Waals surface area (Å²) >= 11 is 3.50. The molecule has 1 fully saturated rings. The predicted molar refractivity (Wildman–Crippen MR) is 83.5 cm³/mol. The quantitative estimate of drug-likeness (QED) is 0.803. The largest absolute Gasteiger partial charge is 0.378 e. The number of rotatable bonds is 6. The van der Waals surface area contributed by atoms with Crippen molar-refractivity contribution in [2.45, 2.75) is 39.2 Å². The van der Waals surface area contributed by atoms with E-state index < -0.39 is 0 Å². The molecule has 0 radical (unpaired) electrons. The molecule has 2 rings (SSSR count). The molecular weight excluding hydrogens is 302 g/mol. The van der Waals surface area contributed by atoms with Crippen LogP contribution in [-0.4, -0.2) is 25.8 Å². The van der Waals surface area contributed by atoms with Gasteiger partial charge in [0, 0.05) is 23.0 Å². The molecular formula is C16H24BrNO. The van der Waals surface area contributed by atoms with E-state index in [-0.39, 0.29) is 5.41 Å². The van der Waals surface area contributed by atoms with Crippen molar-refractivity contribution in [3.05, 3.63) is 34.3 Å². The maximum Gasteiger partial charge on any atom is 0.0619 e. The van der Waals surface area contributed by atoms with Crippen LogP contribution < -0.4 is 5.32 Å².